The van der Waals surface area contributed by atoms with E-state index in [4.69, 9.17) is 4.74 Å². The molecule has 0 heterocycles. The first-order valence-corrected chi connectivity index (χ1v) is 6.67. The molecule has 0 spiro atoms. The highest BCUT2D eigenvalue weighted by atomic mass is 16.5. The Morgan fingerprint density at radius 2 is 1.95 bits per heavy atom. The van der Waals surface area contributed by atoms with E-state index < -0.39 is 0 Å². The molecule has 0 aromatic heterocycles. The molecule has 104 valence electrons. The molecule has 0 amide bonds. The van der Waals surface area contributed by atoms with Gasteiger partial charge in [-0.05, 0) is 58.2 Å². The molecule has 2 heteroatoms. The van der Waals surface area contributed by atoms with Gasteiger partial charge in [-0.15, -0.1) is 0 Å². The monoisotopic (exact) mass is 260 g/mol. The first kappa shape index (κ1) is 15.4. The number of hydrogen-bond acceptors (Lipinski definition) is 2. The quantitative estimate of drug-likeness (QED) is 0.755. The number of allylic oxidation sites excluding steroid dienone is 4. The van der Waals surface area contributed by atoms with Gasteiger partial charge in [0, 0.05) is 5.56 Å². The van der Waals surface area contributed by atoms with E-state index in [2.05, 4.69) is 32.9 Å². The maximum Gasteiger partial charge on any atom is 0.122 e. The lowest BCUT2D eigenvalue weighted by Crippen LogP contribution is -1.91. The van der Waals surface area contributed by atoms with Crippen LogP contribution in [-0.2, 0) is 6.42 Å². The van der Waals surface area contributed by atoms with Crippen molar-refractivity contribution in [2.45, 2.75) is 40.0 Å². The van der Waals surface area contributed by atoms with Crippen LogP contribution in [0.2, 0.25) is 0 Å². The molecule has 0 bridgehead atoms. The average molecular weight is 260 g/mol. The number of aromatic hydroxyl groups is 1. The van der Waals surface area contributed by atoms with E-state index >= 15 is 0 Å². The second-order valence-electron chi connectivity index (χ2n) is 5.07. The highest BCUT2D eigenvalue weighted by Crippen LogP contribution is 2.24. The molecule has 2 nitrogen and oxygen atoms in total. The van der Waals surface area contributed by atoms with Gasteiger partial charge in [0.25, 0.3) is 0 Å². The maximum absolute atomic E-state index is 9.52. The van der Waals surface area contributed by atoms with Crippen molar-refractivity contribution in [3.63, 3.8) is 0 Å². The summed E-state index contributed by atoms with van der Waals surface area (Å²) in [6.07, 6.45) is 7.41. The van der Waals surface area contributed by atoms with Gasteiger partial charge in [0.2, 0.25) is 0 Å². The number of rotatable bonds is 6. The number of phenols is 1. The number of phenolic OH excluding ortho intramolecular Hbond substituents is 1. The first-order chi connectivity index (χ1) is 9.02. The second-order valence-corrected chi connectivity index (χ2v) is 5.07. The zero-order valence-electron chi connectivity index (χ0n) is 12.4. The Morgan fingerprint density at radius 3 is 2.58 bits per heavy atom. The molecule has 0 aliphatic carbocycles. The van der Waals surface area contributed by atoms with Crippen molar-refractivity contribution >= 4 is 0 Å². The van der Waals surface area contributed by atoms with Gasteiger partial charge in [-0.1, -0.05) is 23.3 Å². The lowest BCUT2D eigenvalue weighted by molar-refractivity contribution is 0.408. The summed E-state index contributed by atoms with van der Waals surface area (Å²) in [5.41, 5.74) is 3.74. The normalized spacial score (nSPS) is 11.3. The summed E-state index contributed by atoms with van der Waals surface area (Å²) in [4.78, 5) is 0. The van der Waals surface area contributed by atoms with Crippen molar-refractivity contribution in [3.8, 4) is 11.5 Å². The molecular formula is C17H24O2. The molecule has 0 radical (unpaired) electrons. The standard InChI is InChI=1S/C17H24O2/c1-13(2)6-5-7-14(3)8-9-15-12-16(18)10-11-17(15)19-4/h6,8,10-12,18H,5,7,9H2,1-4H3/b14-8+. The van der Waals surface area contributed by atoms with Crippen LogP contribution in [0.5, 0.6) is 11.5 Å². The molecule has 0 atom stereocenters. The molecule has 0 saturated carbocycles. The Balaban J connectivity index is 2.64. The zero-order chi connectivity index (χ0) is 14.3. The van der Waals surface area contributed by atoms with E-state index in [0.29, 0.717) is 0 Å². The van der Waals surface area contributed by atoms with Crippen molar-refractivity contribution in [2.75, 3.05) is 7.11 Å². The van der Waals surface area contributed by atoms with Crippen LogP contribution in [0.3, 0.4) is 0 Å². The van der Waals surface area contributed by atoms with Crippen LogP contribution in [0.1, 0.15) is 39.2 Å². The summed E-state index contributed by atoms with van der Waals surface area (Å²) in [6, 6.07) is 5.21. The first-order valence-electron chi connectivity index (χ1n) is 6.67. The van der Waals surface area contributed by atoms with Gasteiger partial charge in [0.05, 0.1) is 7.11 Å². The third-order valence-corrected chi connectivity index (χ3v) is 3.03. The molecule has 0 fully saturated rings. The Bertz CT molecular complexity index is 466. The number of benzene rings is 1. The molecule has 1 rings (SSSR count). The van der Waals surface area contributed by atoms with Crippen LogP contribution < -0.4 is 4.74 Å². The van der Waals surface area contributed by atoms with Gasteiger partial charge < -0.3 is 9.84 Å². The van der Waals surface area contributed by atoms with Crippen molar-refractivity contribution in [2.24, 2.45) is 0 Å². The number of hydrogen-bond donors (Lipinski definition) is 1. The highest BCUT2D eigenvalue weighted by Gasteiger charge is 2.02. The summed E-state index contributed by atoms with van der Waals surface area (Å²) in [5, 5.41) is 9.52. The minimum absolute atomic E-state index is 0.284. The molecule has 0 aliphatic heterocycles. The van der Waals surface area contributed by atoms with Crippen LogP contribution in [0.4, 0.5) is 0 Å². The Morgan fingerprint density at radius 1 is 1.21 bits per heavy atom. The van der Waals surface area contributed by atoms with Crippen LogP contribution >= 0.6 is 0 Å². The van der Waals surface area contributed by atoms with Gasteiger partial charge in [0.1, 0.15) is 11.5 Å². The fraction of sp³-hybridized carbons (Fsp3) is 0.412. The van der Waals surface area contributed by atoms with Gasteiger partial charge >= 0.3 is 0 Å². The molecule has 0 unspecified atom stereocenters. The van der Waals surface area contributed by atoms with Gasteiger partial charge in [0.15, 0.2) is 0 Å². The van der Waals surface area contributed by atoms with E-state index in [9.17, 15) is 5.11 Å². The van der Waals surface area contributed by atoms with E-state index in [1.165, 1.54) is 11.1 Å². The van der Waals surface area contributed by atoms with E-state index in [1.54, 1.807) is 25.3 Å². The van der Waals surface area contributed by atoms with Crippen LogP contribution in [0.25, 0.3) is 0 Å². The summed E-state index contributed by atoms with van der Waals surface area (Å²) < 4.78 is 5.30. The van der Waals surface area contributed by atoms with Gasteiger partial charge in [-0.25, -0.2) is 0 Å². The number of ether oxygens (including phenoxy) is 1. The third-order valence-electron chi connectivity index (χ3n) is 3.03. The molecule has 19 heavy (non-hydrogen) atoms. The Labute approximate surface area is 116 Å². The largest absolute Gasteiger partial charge is 0.508 e. The van der Waals surface area contributed by atoms with Crippen LogP contribution in [-0.4, -0.2) is 12.2 Å². The smallest absolute Gasteiger partial charge is 0.122 e. The molecule has 1 aromatic rings. The fourth-order valence-corrected chi connectivity index (χ4v) is 1.90. The lowest BCUT2D eigenvalue weighted by Gasteiger charge is -2.07. The average Bonchev–Trinajstić information content (AvgIpc) is 2.36. The molecule has 1 N–H and O–H groups in total. The fourth-order valence-electron chi connectivity index (χ4n) is 1.90. The van der Waals surface area contributed by atoms with Gasteiger partial charge in [-0.3, -0.25) is 0 Å². The SMILES string of the molecule is COc1ccc(O)cc1C/C=C(\C)CCC=C(C)C. The van der Waals surface area contributed by atoms with Crippen LogP contribution in [0.15, 0.2) is 41.5 Å². The van der Waals surface area contributed by atoms with Crippen molar-refractivity contribution in [3.05, 3.63) is 47.1 Å². The predicted octanol–water partition coefficient (Wildman–Crippen LogP) is 4.64. The topological polar surface area (TPSA) is 29.5 Å². The van der Waals surface area contributed by atoms with Crippen molar-refractivity contribution in [1.82, 2.24) is 0 Å². The van der Waals surface area contributed by atoms with Crippen LogP contribution in [0, 0.1) is 0 Å². The minimum atomic E-state index is 0.284. The highest BCUT2D eigenvalue weighted by molar-refractivity contribution is 5.40. The molecule has 1 aromatic carbocycles. The van der Waals surface area contributed by atoms with E-state index in [0.717, 1.165) is 30.6 Å². The summed E-state index contributed by atoms with van der Waals surface area (Å²) >= 11 is 0. The molecule has 0 aliphatic rings. The summed E-state index contributed by atoms with van der Waals surface area (Å²) in [5.74, 6) is 1.11. The third kappa shape index (κ3) is 5.64. The summed E-state index contributed by atoms with van der Waals surface area (Å²) in [6.45, 7) is 6.39. The van der Waals surface area contributed by atoms with E-state index in [-0.39, 0.29) is 5.75 Å². The lowest BCUT2D eigenvalue weighted by atomic mass is 10.1. The molecule has 0 saturated heterocycles. The predicted molar refractivity (Wildman–Crippen MR) is 80.8 cm³/mol. The zero-order valence-corrected chi connectivity index (χ0v) is 12.4. The molecular weight excluding hydrogens is 236 g/mol. The van der Waals surface area contributed by atoms with E-state index in [1.807, 2.05) is 0 Å². The number of methoxy groups -OCH3 is 1. The Hall–Kier alpha value is -1.70. The maximum atomic E-state index is 9.52. The van der Waals surface area contributed by atoms with Crippen molar-refractivity contribution < 1.29 is 9.84 Å². The van der Waals surface area contributed by atoms with Crippen molar-refractivity contribution in [1.29, 1.82) is 0 Å². The van der Waals surface area contributed by atoms with Gasteiger partial charge in [-0.2, -0.15) is 0 Å². The second kappa shape index (κ2) is 7.67. The minimum Gasteiger partial charge on any atom is -0.508 e. The summed E-state index contributed by atoms with van der Waals surface area (Å²) in [7, 11) is 1.65. The Kier molecular flexibility index (Phi) is 6.20.